The van der Waals surface area contributed by atoms with Gasteiger partial charge in [-0.1, -0.05) is 42.8 Å². The maximum Gasteiger partial charge on any atom is 0.0297 e. The molecule has 2 N–H and O–H groups in total. The van der Waals surface area contributed by atoms with Crippen molar-refractivity contribution in [3.63, 3.8) is 0 Å². The highest BCUT2D eigenvalue weighted by Crippen LogP contribution is 2.32. The molecule has 2 aromatic rings. The summed E-state index contributed by atoms with van der Waals surface area (Å²) in [6.07, 6.45) is 4.84. The third kappa shape index (κ3) is 1.52. The zero-order valence-corrected chi connectivity index (χ0v) is 9.45. The van der Waals surface area contributed by atoms with Gasteiger partial charge in [0.15, 0.2) is 0 Å². The molecule has 0 aliphatic heterocycles. The molecule has 0 saturated carbocycles. The summed E-state index contributed by atoms with van der Waals surface area (Å²) < 4.78 is 0. The molecule has 1 aliphatic rings. The SMILES string of the molecule is N[C@H]1CCCCc2c1ccc1ccccc21. The number of nitrogens with two attached hydrogens (primary N) is 1. The fraction of sp³-hybridized carbons (Fsp3) is 0.333. The Labute approximate surface area is 96.3 Å². The quantitative estimate of drug-likeness (QED) is 0.662. The molecule has 16 heavy (non-hydrogen) atoms. The molecule has 1 aliphatic carbocycles. The molecule has 1 heteroatoms. The summed E-state index contributed by atoms with van der Waals surface area (Å²) in [7, 11) is 0. The van der Waals surface area contributed by atoms with E-state index < -0.39 is 0 Å². The number of aryl methyl sites for hydroxylation is 1. The highest BCUT2D eigenvalue weighted by molar-refractivity contribution is 5.87. The van der Waals surface area contributed by atoms with Crippen molar-refractivity contribution in [3.05, 3.63) is 47.5 Å². The number of fused-ring (bicyclic) bond motifs is 3. The Morgan fingerprint density at radius 1 is 1.00 bits per heavy atom. The van der Waals surface area contributed by atoms with E-state index in [1.807, 2.05) is 0 Å². The summed E-state index contributed by atoms with van der Waals surface area (Å²) in [5, 5.41) is 2.74. The van der Waals surface area contributed by atoms with Gasteiger partial charge in [-0.2, -0.15) is 0 Å². The van der Waals surface area contributed by atoms with Crippen molar-refractivity contribution in [1.82, 2.24) is 0 Å². The normalized spacial score (nSPS) is 20.4. The Morgan fingerprint density at radius 2 is 1.88 bits per heavy atom. The van der Waals surface area contributed by atoms with Crippen LogP contribution >= 0.6 is 0 Å². The lowest BCUT2D eigenvalue weighted by atomic mass is 9.94. The largest absolute Gasteiger partial charge is 0.324 e. The number of hydrogen-bond acceptors (Lipinski definition) is 1. The third-order valence-electron chi connectivity index (χ3n) is 3.67. The van der Waals surface area contributed by atoms with E-state index in [1.165, 1.54) is 41.2 Å². The minimum absolute atomic E-state index is 0.238. The van der Waals surface area contributed by atoms with Crippen LogP contribution in [0, 0.1) is 0 Å². The monoisotopic (exact) mass is 211 g/mol. The molecule has 0 fully saturated rings. The van der Waals surface area contributed by atoms with Crippen molar-refractivity contribution in [2.24, 2.45) is 5.73 Å². The first kappa shape index (κ1) is 9.86. The zero-order chi connectivity index (χ0) is 11.0. The Balaban J connectivity index is 2.28. The van der Waals surface area contributed by atoms with Crippen LogP contribution in [0.1, 0.15) is 36.4 Å². The highest BCUT2D eigenvalue weighted by Gasteiger charge is 2.16. The van der Waals surface area contributed by atoms with Crippen LogP contribution in [0.4, 0.5) is 0 Å². The molecule has 0 spiro atoms. The van der Waals surface area contributed by atoms with Gasteiger partial charge in [0.05, 0.1) is 0 Å². The van der Waals surface area contributed by atoms with Gasteiger partial charge in [0.2, 0.25) is 0 Å². The molecule has 82 valence electrons. The Kier molecular flexibility index (Phi) is 2.41. The molecular formula is C15H17N. The lowest BCUT2D eigenvalue weighted by Crippen LogP contribution is -2.10. The average molecular weight is 211 g/mol. The first-order chi connectivity index (χ1) is 7.86. The van der Waals surface area contributed by atoms with Crippen LogP contribution in [0.3, 0.4) is 0 Å². The lowest BCUT2D eigenvalue weighted by Gasteiger charge is -2.14. The van der Waals surface area contributed by atoms with Crippen molar-refractivity contribution in [2.45, 2.75) is 31.7 Å². The molecule has 0 amide bonds. The number of hydrogen-bond donors (Lipinski definition) is 1. The molecule has 0 saturated heterocycles. The van der Waals surface area contributed by atoms with Crippen LogP contribution in [0.25, 0.3) is 10.8 Å². The van der Waals surface area contributed by atoms with Crippen LogP contribution < -0.4 is 5.73 Å². The zero-order valence-electron chi connectivity index (χ0n) is 9.45. The van der Waals surface area contributed by atoms with E-state index in [-0.39, 0.29) is 6.04 Å². The van der Waals surface area contributed by atoms with Gasteiger partial charge in [0.1, 0.15) is 0 Å². The van der Waals surface area contributed by atoms with Crippen LogP contribution in [0.15, 0.2) is 36.4 Å². The van der Waals surface area contributed by atoms with Crippen molar-refractivity contribution in [3.8, 4) is 0 Å². The summed E-state index contributed by atoms with van der Waals surface area (Å²) in [5.74, 6) is 0. The molecule has 0 unspecified atom stereocenters. The molecule has 0 radical (unpaired) electrons. The van der Waals surface area contributed by atoms with Crippen LogP contribution in [0.2, 0.25) is 0 Å². The van der Waals surface area contributed by atoms with E-state index in [2.05, 4.69) is 36.4 Å². The predicted molar refractivity (Wildman–Crippen MR) is 68.4 cm³/mol. The van der Waals surface area contributed by atoms with Crippen LogP contribution in [-0.4, -0.2) is 0 Å². The molecule has 1 atom stereocenters. The molecule has 2 aromatic carbocycles. The highest BCUT2D eigenvalue weighted by atomic mass is 14.6. The Morgan fingerprint density at radius 3 is 2.81 bits per heavy atom. The minimum Gasteiger partial charge on any atom is -0.324 e. The van der Waals surface area contributed by atoms with Crippen molar-refractivity contribution < 1.29 is 0 Å². The van der Waals surface area contributed by atoms with Crippen molar-refractivity contribution in [1.29, 1.82) is 0 Å². The van der Waals surface area contributed by atoms with Gasteiger partial charge < -0.3 is 5.73 Å². The van der Waals surface area contributed by atoms with Gasteiger partial charge in [-0.25, -0.2) is 0 Å². The van der Waals surface area contributed by atoms with Crippen LogP contribution in [0.5, 0.6) is 0 Å². The van der Waals surface area contributed by atoms with E-state index in [9.17, 15) is 0 Å². The van der Waals surface area contributed by atoms with E-state index >= 15 is 0 Å². The van der Waals surface area contributed by atoms with E-state index in [0.717, 1.165) is 6.42 Å². The standard InChI is InChI=1S/C15H17N/c16-15-8-4-3-7-13-12-6-2-1-5-11(12)9-10-14(13)15/h1-2,5-6,9-10,15H,3-4,7-8,16H2/t15-/m0/s1. The Hall–Kier alpha value is -1.34. The maximum absolute atomic E-state index is 6.24. The Bertz CT molecular complexity index is 516. The van der Waals surface area contributed by atoms with Gasteiger partial charge in [0, 0.05) is 6.04 Å². The van der Waals surface area contributed by atoms with E-state index in [4.69, 9.17) is 5.73 Å². The first-order valence-electron chi connectivity index (χ1n) is 6.12. The number of benzene rings is 2. The van der Waals surface area contributed by atoms with Gasteiger partial charge in [-0.15, -0.1) is 0 Å². The molecule has 3 rings (SSSR count). The van der Waals surface area contributed by atoms with Gasteiger partial charge in [-0.05, 0) is 41.2 Å². The molecule has 0 bridgehead atoms. The smallest absolute Gasteiger partial charge is 0.0297 e. The predicted octanol–water partition coefficient (Wildman–Crippen LogP) is 3.57. The van der Waals surface area contributed by atoms with Crippen LogP contribution in [-0.2, 0) is 6.42 Å². The van der Waals surface area contributed by atoms with Crippen molar-refractivity contribution in [2.75, 3.05) is 0 Å². The van der Waals surface area contributed by atoms with Gasteiger partial charge in [0.25, 0.3) is 0 Å². The lowest BCUT2D eigenvalue weighted by molar-refractivity contribution is 0.615. The second-order valence-corrected chi connectivity index (χ2v) is 4.71. The summed E-state index contributed by atoms with van der Waals surface area (Å²) >= 11 is 0. The molecule has 0 aromatic heterocycles. The summed E-state index contributed by atoms with van der Waals surface area (Å²) in [6, 6.07) is 13.3. The van der Waals surface area contributed by atoms with Gasteiger partial charge in [-0.3, -0.25) is 0 Å². The molecular weight excluding hydrogens is 194 g/mol. The summed E-state index contributed by atoms with van der Waals surface area (Å²) in [4.78, 5) is 0. The third-order valence-corrected chi connectivity index (χ3v) is 3.67. The molecule has 0 heterocycles. The minimum atomic E-state index is 0.238. The number of rotatable bonds is 0. The van der Waals surface area contributed by atoms with Gasteiger partial charge >= 0.3 is 0 Å². The summed E-state index contributed by atoms with van der Waals surface area (Å²) in [6.45, 7) is 0. The fourth-order valence-electron chi connectivity index (χ4n) is 2.80. The van der Waals surface area contributed by atoms with Crippen molar-refractivity contribution >= 4 is 10.8 Å². The van der Waals surface area contributed by atoms with E-state index in [1.54, 1.807) is 0 Å². The first-order valence-corrected chi connectivity index (χ1v) is 6.12. The summed E-state index contributed by atoms with van der Waals surface area (Å²) in [5.41, 5.74) is 9.10. The topological polar surface area (TPSA) is 26.0 Å². The second-order valence-electron chi connectivity index (χ2n) is 4.71. The van der Waals surface area contributed by atoms with E-state index in [0.29, 0.717) is 0 Å². The average Bonchev–Trinajstić information content (AvgIpc) is 2.52. The fourth-order valence-corrected chi connectivity index (χ4v) is 2.80. The molecule has 1 nitrogen and oxygen atoms in total. The maximum atomic E-state index is 6.24. The second kappa shape index (κ2) is 3.91.